The van der Waals surface area contributed by atoms with Gasteiger partial charge in [0.05, 0.1) is 6.61 Å². The summed E-state index contributed by atoms with van der Waals surface area (Å²) in [7, 11) is 0. The second kappa shape index (κ2) is 3.00. The molecule has 0 aliphatic carbocycles. The van der Waals surface area contributed by atoms with Crippen molar-refractivity contribution in [2.75, 3.05) is 12.3 Å². The molecule has 1 rings (SSSR count). The van der Waals surface area contributed by atoms with Crippen LogP contribution in [0.4, 0.5) is 5.82 Å². The highest BCUT2D eigenvalue weighted by Gasteiger charge is 1.91. The van der Waals surface area contributed by atoms with Crippen molar-refractivity contribution >= 4 is 5.82 Å². The van der Waals surface area contributed by atoms with Crippen LogP contribution < -0.4 is 10.5 Å². The van der Waals surface area contributed by atoms with Gasteiger partial charge in [-0.05, 0) is 13.0 Å². The van der Waals surface area contributed by atoms with Crippen LogP contribution in [0.15, 0.2) is 12.1 Å². The van der Waals surface area contributed by atoms with Gasteiger partial charge in [0.25, 0.3) is 0 Å². The fourth-order valence-corrected chi connectivity index (χ4v) is 0.555. The summed E-state index contributed by atoms with van der Waals surface area (Å²) in [5.74, 6) is 0.917. The van der Waals surface area contributed by atoms with Crippen LogP contribution in [0, 0.1) is 0 Å². The molecule has 1 heterocycles. The molecule has 4 heteroatoms. The maximum Gasteiger partial charge on any atom is 0.233 e. The average molecular weight is 139 g/mol. The summed E-state index contributed by atoms with van der Waals surface area (Å²) in [5.41, 5.74) is 5.29. The van der Waals surface area contributed by atoms with E-state index in [2.05, 4.69) is 10.2 Å². The number of ether oxygens (including phenoxy) is 1. The van der Waals surface area contributed by atoms with E-state index >= 15 is 0 Å². The molecule has 0 spiro atoms. The SMILES string of the molecule is CCOc1ccc(N)nn1. The number of aromatic nitrogens is 2. The Balaban J connectivity index is 2.69. The molecule has 0 unspecified atom stereocenters. The Morgan fingerprint density at radius 1 is 1.50 bits per heavy atom. The van der Waals surface area contributed by atoms with Crippen molar-refractivity contribution in [1.29, 1.82) is 0 Å². The summed E-state index contributed by atoms with van der Waals surface area (Å²) in [6, 6.07) is 3.34. The van der Waals surface area contributed by atoms with E-state index in [-0.39, 0.29) is 0 Å². The van der Waals surface area contributed by atoms with Crippen molar-refractivity contribution in [3.05, 3.63) is 12.1 Å². The summed E-state index contributed by atoms with van der Waals surface area (Å²) in [6.07, 6.45) is 0. The number of rotatable bonds is 2. The van der Waals surface area contributed by atoms with Crippen LogP contribution in [0.3, 0.4) is 0 Å². The van der Waals surface area contributed by atoms with Gasteiger partial charge in [0.15, 0.2) is 0 Å². The molecule has 4 nitrogen and oxygen atoms in total. The van der Waals surface area contributed by atoms with Crippen LogP contribution in [-0.4, -0.2) is 16.8 Å². The summed E-state index contributed by atoms with van der Waals surface area (Å²) >= 11 is 0. The van der Waals surface area contributed by atoms with Crippen molar-refractivity contribution in [3.63, 3.8) is 0 Å². The zero-order valence-corrected chi connectivity index (χ0v) is 5.74. The van der Waals surface area contributed by atoms with Crippen LogP contribution in [-0.2, 0) is 0 Å². The lowest BCUT2D eigenvalue weighted by Crippen LogP contribution is -1.97. The van der Waals surface area contributed by atoms with E-state index in [1.54, 1.807) is 12.1 Å². The third-order valence-electron chi connectivity index (χ3n) is 0.953. The quantitative estimate of drug-likeness (QED) is 0.646. The van der Waals surface area contributed by atoms with Gasteiger partial charge in [-0.25, -0.2) is 0 Å². The molecule has 0 radical (unpaired) electrons. The highest BCUT2D eigenvalue weighted by molar-refractivity contribution is 5.27. The molecule has 0 aliphatic rings. The van der Waals surface area contributed by atoms with E-state index < -0.39 is 0 Å². The average Bonchev–Trinajstić information content (AvgIpc) is 1.95. The van der Waals surface area contributed by atoms with Crippen molar-refractivity contribution < 1.29 is 4.74 Å². The Hall–Kier alpha value is -1.32. The summed E-state index contributed by atoms with van der Waals surface area (Å²) < 4.78 is 5.03. The molecule has 1 aromatic rings. The third-order valence-corrected chi connectivity index (χ3v) is 0.953. The summed E-state index contributed by atoms with van der Waals surface area (Å²) in [4.78, 5) is 0. The van der Waals surface area contributed by atoms with Gasteiger partial charge < -0.3 is 10.5 Å². The Morgan fingerprint density at radius 3 is 2.80 bits per heavy atom. The fourth-order valence-electron chi connectivity index (χ4n) is 0.555. The lowest BCUT2D eigenvalue weighted by atomic mass is 10.5. The molecular formula is C6H9N3O. The van der Waals surface area contributed by atoms with Crippen LogP contribution >= 0.6 is 0 Å². The molecule has 0 amide bonds. The lowest BCUT2D eigenvalue weighted by molar-refractivity contribution is 0.323. The van der Waals surface area contributed by atoms with Gasteiger partial charge in [-0.1, -0.05) is 0 Å². The van der Waals surface area contributed by atoms with E-state index in [0.717, 1.165) is 0 Å². The van der Waals surface area contributed by atoms with Crippen molar-refractivity contribution in [3.8, 4) is 5.88 Å². The Bertz CT molecular complexity index is 197. The zero-order valence-electron chi connectivity index (χ0n) is 5.74. The first-order valence-corrected chi connectivity index (χ1v) is 3.05. The van der Waals surface area contributed by atoms with Crippen molar-refractivity contribution in [1.82, 2.24) is 10.2 Å². The number of nitrogens with zero attached hydrogens (tertiary/aromatic N) is 2. The third kappa shape index (κ3) is 1.58. The topological polar surface area (TPSA) is 61.0 Å². The first-order chi connectivity index (χ1) is 4.83. The summed E-state index contributed by atoms with van der Waals surface area (Å²) in [6.45, 7) is 2.48. The standard InChI is InChI=1S/C6H9N3O/c1-2-10-6-4-3-5(7)8-9-6/h3-4H,2H2,1H3,(H2,7,8). The maximum absolute atomic E-state index is 5.29. The predicted octanol–water partition coefficient (Wildman–Crippen LogP) is 0.457. The normalized spacial score (nSPS) is 9.30. The summed E-state index contributed by atoms with van der Waals surface area (Å²) in [5, 5.41) is 7.27. The first-order valence-electron chi connectivity index (χ1n) is 3.05. The molecular weight excluding hydrogens is 130 g/mol. The molecule has 0 bridgehead atoms. The minimum atomic E-state index is 0.406. The fraction of sp³-hybridized carbons (Fsp3) is 0.333. The predicted molar refractivity (Wildman–Crippen MR) is 37.6 cm³/mol. The molecule has 10 heavy (non-hydrogen) atoms. The number of nitrogens with two attached hydrogens (primary N) is 1. The molecule has 2 N–H and O–H groups in total. The smallest absolute Gasteiger partial charge is 0.233 e. The lowest BCUT2D eigenvalue weighted by Gasteiger charge is -1.98. The van der Waals surface area contributed by atoms with E-state index in [0.29, 0.717) is 18.3 Å². The molecule has 54 valence electrons. The number of nitrogen functional groups attached to an aromatic ring is 1. The van der Waals surface area contributed by atoms with Gasteiger partial charge in [-0.3, -0.25) is 0 Å². The van der Waals surface area contributed by atoms with Crippen LogP contribution in [0.2, 0.25) is 0 Å². The minimum absolute atomic E-state index is 0.406. The molecule has 0 fully saturated rings. The minimum Gasteiger partial charge on any atom is -0.477 e. The molecule has 1 aromatic heterocycles. The van der Waals surface area contributed by atoms with E-state index in [9.17, 15) is 0 Å². The Kier molecular flexibility index (Phi) is 2.04. The van der Waals surface area contributed by atoms with Crippen LogP contribution in [0.5, 0.6) is 5.88 Å². The Morgan fingerprint density at radius 2 is 2.30 bits per heavy atom. The van der Waals surface area contributed by atoms with Gasteiger partial charge in [-0.15, -0.1) is 10.2 Å². The van der Waals surface area contributed by atoms with Gasteiger partial charge in [0.1, 0.15) is 5.82 Å². The molecule has 0 atom stereocenters. The number of hydrogen-bond donors (Lipinski definition) is 1. The van der Waals surface area contributed by atoms with E-state index in [4.69, 9.17) is 10.5 Å². The van der Waals surface area contributed by atoms with Crippen LogP contribution in [0.1, 0.15) is 6.92 Å². The highest BCUT2D eigenvalue weighted by Crippen LogP contribution is 2.04. The number of hydrogen-bond acceptors (Lipinski definition) is 4. The van der Waals surface area contributed by atoms with E-state index in [1.807, 2.05) is 6.92 Å². The highest BCUT2D eigenvalue weighted by atomic mass is 16.5. The zero-order chi connectivity index (χ0) is 7.40. The van der Waals surface area contributed by atoms with E-state index in [1.165, 1.54) is 0 Å². The van der Waals surface area contributed by atoms with Gasteiger partial charge in [0, 0.05) is 6.07 Å². The Labute approximate surface area is 59.0 Å². The largest absolute Gasteiger partial charge is 0.477 e. The van der Waals surface area contributed by atoms with Gasteiger partial charge in [-0.2, -0.15) is 0 Å². The molecule has 0 saturated carbocycles. The second-order valence-electron chi connectivity index (χ2n) is 1.73. The maximum atomic E-state index is 5.29. The van der Waals surface area contributed by atoms with Gasteiger partial charge >= 0.3 is 0 Å². The van der Waals surface area contributed by atoms with Gasteiger partial charge in [0.2, 0.25) is 5.88 Å². The molecule has 0 aliphatic heterocycles. The van der Waals surface area contributed by atoms with Crippen molar-refractivity contribution in [2.24, 2.45) is 0 Å². The monoisotopic (exact) mass is 139 g/mol. The number of anilines is 1. The molecule has 0 aromatic carbocycles. The first kappa shape index (κ1) is 6.80. The molecule has 0 saturated heterocycles. The van der Waals surface area contributed by atoms with Crippen molar-refractivity contribution in [2.45, 2.75) is 6.92 Å². The van der Waals surface area contributed by atoms with Crippen LogP contribution in [0.25, 0.3) is 0 Å². The second-order valence-corrected chi connectivity index (χ2v) is 1.73.